The average Bonchev–Trinajstić information content (AvgIpc) is 3.03. The van der Waals surface area contributed by atoms with Gasteiger partial charge in [-0.2, -0.15) is 0 Å². The summed E-state index contributed by atoms with van der Waals surface area (Å²) >= 11 is 0. The van der Waals surface area contributed by atoms with Gasteiger partial charge in [-0.05, 0) is 30.3 Å². The maximum absolute atomic E-state index is 14.8. The molecule has 1 aliphatic heterocycles. The molecule has 0 bridgehead atoms. The smallest absolute Gasteiger partial charge is 0.283 e. The van der Waals surface area contributed by atoms with Crippen molar-refractivity contribution in [3.05, 3.63) is 59.4 Å². The normalized spacial score (nSPS) is 26.5. The number of pyridine rings is 1. The van der Waals surface area contributed by atoms with Gasteiger partial charge in [-0.25, -0.2) is 31.9 Å². The van der Waals surface area contributed by atoms with Crippen molar-refractivity contribution in [3.63, 3.8) is 0 Å². The van der Waals surface area contributed by atoms with Crippen LogP contribution in [-0.2, 0) is 10.3 Å². The fraction of sp³-hybridized carbons (Fsp3) is 0.350. The Labute approximate surface area is 173 Å². The van der Waals surface area contributed by atoms with Crippen molar-refractivity contribution >= 4 is 17.6 Å². The third kappa shape index (κ3) is 3.79. The summed E-state index contributed by atoms with van der Waals surface area (Å²) < 4.78 is 75.5. The topological polar surface area (TPSA) is 89.6 Å². The molecule has 1 saturated carbocycles. The van der Waals surface area contributed by atoms with Gasteiger partial charge in [0.15, 0.2) is 0 Å². The number of aliphatic imine (C=N–C) groups is 1. The lowest BCUT2D eigenvalue weighted by Gasteiger charge is -2.40. The molecular weight excluding hydrogens is 423 g/mol. The van der Waals surface area contributed by atoms with E-state index in [4.69, 9.17) is 10.5 Å². The predicted octanol–water partition coefficient (Wildman–Crippen LogP) is 3.54. The highest BCUT2D eigenvalue weighted by Gasteiger charge is 2.60. The Balaban J connectivity index is 1.72. The summed E-state index contributed by atoms with van der Waals surface area (Å²) in [6.45, 7) is -1.30. The van der Waals surface area contributed by atoms with Crippen molar-refractivity contribution < 1.29 is 31.5 Å². The molecule has 0 spiro atoms. The summed E-state index contributed by atoms with van der Waals surface area (Å²) in [6, 6.07) is 4.96. The van der Waals surface area contributed by atoms with Crippen LogP contribution in [0.15, 0.2) is 41.5 Å². The van der Waals surface area contributed by atoms with E-state index < -0.39 is 66.6 Å². The number of hydrogen-bond donors (Lipinski definition) is 2. The fourth-order valence-corrected chi connectivity index (χ4v) is 4.14. The average molecular weight is 440 g/mol. The SMILES string of the molecule is NC1=NC(CF)(c2cc(NC(=O)c3ccc(F)cn3)ccc2F)C2CC(F)(F)CC2O1. The zero-order chi connectivity index (χ0) is 22.4. The fourth-order valence-electron chi connectivity index (χ4n) is 4.14. The molecule has 3 N–H and O–H groups in total. The minimum atomic E-state index is -3.15. The number of fused-ring (bicyclic) bond motifs is 1. The Bertz CT molecular complexity index is 1050. The molecule has 1 fully saturated rings. The van der Waals surface area contributed by atoms with Gasteiger partial charge in [0.2, 0.25) is 0 Å². The van der Waals surface area contributed by atoms with Crippen LogP contribution in [0.25, 0.3) is 0 Å². The van der Waals surface area contributed by atoms with Gasteiger partial charge in [0.1, 0.15) is 35.6 Å². The highest BCUT2D eigenvalue weighted by molar-refractivity contribution is 6.02. The zero-order valence-corrected chi connectivity index (χ0v) is 15.9. The number of aromatic nitrogens is 1. The van der Waals surface area contributed by atoms with E-state index in [-0.39, 0.29) is 16.9 Å². The molecule has 2 aromatic rings. The lowest BCUT2D eigenvalue weighted by atomic mass is 9.76. The minimum Gasteiger partial charge on any atom is -0.461 e. The van der Waals surface area contributed by atoms with Crippen LogP contribution in [0, 0.1) is 17.6 Å². The molecule has 6 nitrogen and oxygen atoms in total. The number of nitrogens with zero attached hydrogens (tertiary/aromatic N) is 2. The number of ether oxygens (including phenoxy) is 1. The summed E-state index contributed by atoms with van der Waals surface area (Å²) in [5.41, 5.74) is 3.17. The quantitative estimate of drug-likeness (QED) is 0.712. The van der Waals surface area contributed by atoms with E-state index in [1.54, 1.807) is 0 Å². The van der Waals surface area contributed by atoms with Gasteiger partial charge in [-0.15, -0.1) is 0 Å². The first kappa shape index (κ1) is 21.0. The summed E-state index contributed by atoms with van der Waals surface area (Å²) in [6.07, 6.45) is -1.73. The van der Waals surface area contributed by atoms with Crippen LogP contribution in [0.4, 0.5) is 27.6 Å². The van der Waals surface area contributed by atoms with Crippen molar-refractivity contribution in [2.24, 2.45) is 16.6 Å². The predicted molar refractivity (Wildman–Crippen MR) is 100 cm³/mol. The Hall–Kier alpha value is -3.24. The molecule has 1 amide bonds. The number of nitrogens with two attached hydrogens (primary N) is 1. The van der Waals surface area contributed by atoms with Gasteiger partial charge < -0.3 is 15.8 Å². The van der Waals surface area contributed by atoms with Gasteiger partial charge >= 0.3 is 0 Å². The van der Waals surface area contributed by atoms with Gasteiger partial charge in [-0.1, -0.05) is 0 Å². The van der Waals surface area contributed by atoms with Crippen LogP contribution in [-0.4, -0.2) is 35.6 Å². The molecule has 31 heavy (non-hydrogen) atoms. The van der Waals surface area contributed by atoms with E-state index in [1.807, 2.05) is 0 Å². The molecule has 3 unspecified atom stereocenters. The highest BCUT2D eigenvalue weighted by atomic mass is 19.3. The first-order valence-corrected chi connectivity index (χ1v) is 9.32. The standard InChI is InChI=1S/C20H17F5N4O2/c21-9-20(13-6-19(24,25)7-16(13)31-18(26)29-20)12-5-11(2-3-14(12)23)28-17(30)15-4-1-10(22)8-27-15/h1-5,8,13,16H,6-7,9H2,(H2,26,29)(H,28,30). The Kier molecular flexibility index (Phi) is 5.06. The number of amidine groups is 1. The second-order valence-electron chi connectivity index (χ2n) is 7.55. The maximum Gasteiger partial charge on any atom is 0.283 e. The molecule has 2 aliphatic rings. The van der Waals surface area contributed by atoms with E-state index in [9.17, 15) is 26.7 Å². The lowest BCUT2D eigenvalue weighted by molar-refractivity contribution is -0.00299. The zero-order valence-electron chi connectivity index (χ0n) is 15.9. The lowest BCUT2D eigenvalue weighted by Crippen LogP contribution is -2.48. The largest absolute Gasteiger partial charge is 0.461 e. The van der Waals surface area contributed by atoms with Crippen molar-refractivity contribution in [1.29, 1.82) is 0 Å². The molecule has 0 saturated heterocycles. The number of alkyl halides is 3. The number of nitrogens with one attached hydrogen (secondary N) is 1. The number of rotatable bonds is 4. The van der Waals surface area contributed by atoms with Gasteiger partial charge in [0.05, 0.1) is 6.20 Å². The summed E-state index contributed by atoms with van der Waals surface area (Å²) in [5, 5.41) is 2.44. The molecule has 4 rings (SSSR count). The van der Waals surface area contributed by atoms with Crippen LogP contribution in [0.2, 0.25) is 0 Å². The Morgan fingerprint density at radius 3 is 2.68 bits per heavy atom. The van der Waals surface area contributed by atoms with Crippen molar-refractivity contribution in [2.75, 3.05) is 12.0 Å². The van der Waals surface area contributed by atoms with Crippen LogP contribution < -0.4 is 11.1 Å². The number of benzene rings is 1. The van der Waals surface area contributed by atoms with Gasteiger partial charge in [0.25, 0.3) is 17.9 Å². The van der Waals surface area contributed by atoms with Gasteiger partial charge in [-0.3, -0.25) is 4.79 Å². The van der Waals surface area contributed by atoms with Gasteiger partial charge in [0, 0.05) is 30.0 Å². The molecule has 164 valence electrons. The summed E-state index contributed by atoms with van der Waals surface area (Å²) in [7, 11) is 0. The third-order valence-electron chi connectivity index (χ3n) is 5.52. The molecular formula is C20H17F5N4O2. The summed E-state index contributed by atoms with van der Waals surface area (Å²) in [4.78, 5) is 19.9. The molecule has 1 aromatic carbocycles. The Morgan fingerprint density at radius 1 is 1.23 bits per heavy atom. The molecule has 1 aromatic heterocycles. The number of hydrogen-bond acceptors (Lipinski definition) is 5. The van der Waals surface area contributed by atoms with Crippen LogP contribution in [0.3, 0.4) is 0 Å². The van der Waals surface area contributed by atoms with E-state index in [0.29, 0.717) is 0 Å². The maximum atomic E-state index is 14.8. The first-order chi connectivity index (χ1) is 14.6. The van der Waals surface area contributed by atoms with E-state index in [0.717, 1.165) is 30.5 Å². The number of anilines is 1. The monoisotopic (exact) mass is 440 g/mol. The summed E-state index contributed by atoms with van der Waals surface area (Å²) in [5.74, 6) is -6.58. The second kappa shape index (κ2) is 7.47. The van der Waals surface area contributed by atoms with E-state index in [1.165, 1.54) is 6.07 Å². The van der Waals surface area contributed by atoms with Crippen LogP contribution >= 0.6 is 0 Å². The van der Waals surface area contributed by atoms with Crippen molar-refractivity contribution in [3.8, 4) is 0 Å². The minimum absolute atomic E-state index is 0.0434. The molecule has 0 radical (unpaired) electrons. The molecule has 1 aliphatic carbocycles. The first-order valence-electron chi connectivity index (χ1n) is 9.32. The molecule has 3 atom stereocenters. The van der Waals surface area contributed by atoms with Crippen LogP contribution in [0.1, 0.15) is 28.9 Å². The van der Waals surface area contributed by atoms with Crippen molar-refractivity contribution in [1.82, 2.24) is 4.98 Å². The van der Waals surface area contributed by atoms with E-state index >= 15 is 0 Å². The van der Waals surface area contributed by atoms with Crippen molar-refractivity contribution in [2.45, 2.75) is 30.4 Å². The molecule has 2 heterocycles. The Morgan fingerprint density at radius 2 is 2.00 bits per heavy atom. The number of carbonyl (C=O) groups is 1. The third-order valence-corrected chi connectivity index (χ3v) is 5.52. The molecule has 11 heteroatoms. The highest BCUT2D eigenvalue weighted by Crippen LogP contribution is 2.53. The number of carbonyl (C=O) groups excluding carboxylic acids is 1. The number of halogens is 5. The van der Waals surface area contributed by atoms with Crippen LogP contribution in [0.5, 0.6) is 0 Å². The second-order valence-corrected chi connectivity index (χ2v) is 7.55. The van der Waals surface area contributed by atoms with E-state index in [2.05, 4.69) is 15.3 Å². The number of amides is 1.